The Labute approximate surface area is 142 Å². The van der Waals surface area contributed by atoms with Gasteiger partial charge in [0.1, 0.15) is 0 Å². The minimum absolute atomic E-state index is 0.437. The molecular weight excluding hydrogens is 306 g/mol. The summed E-state index contributed by atoms with van der Waals surface area (Å²) in [5, 5.41) is 0. The Hall–Kier alpha value is -1.03. The van der Waals surface area contributed by atoms with Gasteiger partial charge in [-0.2, -0.15) is 0 Å². The van der Waals surface area contributed by atoms with Gasteiger partial charge in [0, 0.05) is 6.54 Å². The van der Waals surface area contributed by atoms with Crippen molar-refractivity contribution >= 4 is 15.7 Å². The maximum Gasteiger partial charge on any atom is 0.232 e. The minimum Gasteiger partial charge on any atom is -0.270 e. The molecule has 1 aromatic rings. The summed E-state index contributed by atoms with van der Waals surface area (Å²) in [6.07, 6.45) is 11.6. The molecule has 1 saturated carbocycles. The second kappa shape index (κ2) is 8.72. The minimum atomic E-state index is -3.23. The molecule has 1 aliphatic carbocycles. The molecule has 0 radical (unpaired) electrons. The van der Waals surface area contributed by atoms with Crippen LogP contribution in [-0.4, -0.2) is 21.2 Å². The lowest BCUT2D eigenvalue weighted by Crippen LogP contribution is -2.34. The summed E-state index contributed by atoms with van der Waals surface area (Å²) < 4.78 is 26.0. The Morgan fingerprint density at radius 3 is 2.35 bits per heavy atom. The van der Waals surface area contributed by atoms with Gasteiger partial charge in [0.25, 0.3) is 0 Å². The lowest BCUT2D eigenvalue weighted by molar-refractivity contribution is 0.307. The van der Waals surface area contributed by atoms with Crippen LogP contribution < -0.4 is 4.31 Å². The fourth-order valence-corrected chi connectivity index (χ4v) is 4.62. The maximum atomic E-state index is 12.2. The molecule has 0 bridgehead atoms. The summed E-state index contributed by atoms with van der Waals surface area (Å²) in [7, 11) is -3.23. The van der Waals surface area contributed by atoms with E-state index < -0.39 is 10.0 Å². The highest BCUT2D eigenvalue weighted by Crippen LogP contribution is 2.30. The highest BCUT2D eigenvalue weighted by Gasteiger charge is 2.22. The first-order chi connectivity index (χ1) is 11.0. The van der Waals surface area contributed by atoms with E-state index in [1.807, 2.05) is 30.3 Å². The van der Waals surface area contributed by atoms with Crippen LogP contribution in [-0.2, 0) is 10.0 Å². The van der Waals surface area contributed by atoms with E-state index in [0.29, 0.717) is 12.5 Å². The van der Waals surface area contributed by atoms with Crippen LogP contribution in [0.1, 0.15) is 58.3 Å². The molecule has 0 N–H and O–H groups in total. The van der Waals surface area contributed by atoms with Crippen molar-refractivity contribution in [3.8, 4) is 0 Å². The largest absolute Gasteiger partial charge is 0.270 e. The van der Waals surface area contributed by atoms with E-state index >= 15 is 0 Å². The Balaban J connectivity index is 1.98. The summed E-state index contributed by atoms with van der Waals surface area (Å²) in [4.78, 5) is 0. The Kier molecular flexibility index (Phi) is 6.94. The molecule has 3 nitrogen and oxygen atoms in total. The van der Waals surface area contributed by atoms with Crippen LogP contribution in [0.15, 0.2) is 30.3 Å². The van der Waals surface area contributed by atoms with Crippen LogP contribution in [0.25, 0.3) is 0 Å². The third-order valence-electron chi connectivity index (χ3n) is 5.15. The number of anilines is 1. The van der Waals surface area contributed by atoms with Crippen molar-refractivity contribution in [2.75, 3.05) is 17.1 Å². The zero-order valence-corrected chi connectivity index (χ0v) is 15.4. The second-order valence-electron chi connectivity index (χ2n) is 6.99. The molecule has 1 atom stereocenters. The van der Waals surface area contributed by atoms with Crippen molar-refractivity contribution in [1.82, 2.24) is 0 Å². The topological polar surface area (TPSA) is 37.4 Å². The van der Waals surface area contributed by atoms with Crippen molar-refractivity contribution in [3.63, 3.8) is 0 Å². The van der Waals surface area contributed by atoms with Crippen LogP contribution in [0.5, 0.6) is 0 Å². The van der Waals surface area contributed by atoms with Gasteiger partial charge in [0.2, 0.25) is 10.0 Å². The maximum absolute atomic E-state index is 12.2. The third-order valence-corrected chi connectivity index (χ3v) is 6.31. The molecule has 1 aliphatic rings. The van der Waals surface area contributed by atoms with Crippen LogP contribution in [0, 0.1) is 11.8 Å². The van der Waals surface area contributed by atoms with E-state index in [2.05, 4.69) is 6.92 Å². The van der Waals surface area contributed by atoms with Gasteiger partial charge in [-0.25, -0.2) is 8.42 Å². The molecule has 0 aromatic heterocycles. The molecule has 0 unspecified atom stereocenters. The number of benzene rings is 1. The van der Waals surface area contributed by atoms with Crippen molar-refractivity contribution in [3.05, 3.63) is 30.3 Å². The van der Waals surface area contributed by atoms with Gasteiger partial charge in [-0.1, -0.05) is 70.1 Å². The van der Waals surface area contributed by atoms with E-state index in [-0.39, 0.29) is 0 Å². The number of rotatable bonds is 8. The van der Waals surface area contributed by atoms with Crippen LogP contribution in [0.3, 0.4) is 0 Å². The molecule has 1 fully saturated rings. The molecule has 0 saturated heterocycles. The Bertz CT molecular complexity index is 550. The number of hydrogen-bond donors (Lipinski definition) is 0. The summed E-state index contributed by atoms with van der Waals surface area (Å²) in [5.41, 5.74) is 0.783. The highest BCUT2D eigenvalue weighted by molar-refractivity contribution is 7.92. The molecule has 0 aliphatic heterocycles. The van der Waals surface area contributed by atoms with E-state index in [4.69, 9.17) is 0 Å². The molecule has 4 heteroatoms. The van der Waals surface area contributed by atoms with Gasteiger partial charge in [0.05, 0.1) is 11.9 Å². The first-order valence-electron chi connectivity index (χ1n) is 9.03. The van der Waals surface area contributed by atoms with Crippen LogP contribution >= 0.6 is 0 Å². The summed E-state index contributed by atoms with van der Waals surface area (Å²) in [6, 6.07) is 9.49. The zero-order chi connectivity index (χ0) is 16.7. The van der Waals surface area contributed by atoms with Gasteiger partial charge in [-0.3, -0.25) is 4.31 Å². The lowest BCUT2D eigenvalue weighted by atomic mass is 9.84. The molecule has 130 valence electrons. The lowest BCUT2D eigenvalue weighted by Gasteiger charge is -2.29. The average molecular weight is 338 g/mol. The Morgan fingerprint density at radius 1 is 1.13 bits per heavy atom. The number of sulfonamides is 1. The fraction of sp³-hybridized carbons (Fsp3) is 0.684. The molecule has 0 amide bonds. The summed E-state index contributed by atoms with van der Waals surface area (Å²) >= 11 is 0. The van der Waals surface area contributed by atoms with E-state index in [1.54, 1.807) is 4.31 Å². The Morgan fingerprint density at radius 2 is 1.78 bits per heavy atom. The molecule has 23 heavy (non-hydrogen) atoms. The van der Waals surface area contributed by atoms with E-state index in [0.717, 1.165) is 24.4 Å². The van der Waals surface area contributed by atoms with Crippen molar-refractivity contribution in [2.24, 2.45) is 11.8 Å². The first-order valence-corrected chi connectivity index (χ1v) is 10.9. The smallest absolute Gasteiger partial charge is 0.232 e. The third kappa shape index (κ3) is 5.83. The summed E-state index contributed by atoms with van der Waals surface area (Å²) in [6.45, 7) is 2.78. The predicted molar refractivity (Wildman–Crippen MR) is 98.2 cm³/mol. The first kappa shape index (κ1) is 18.3. The standard InChI is InChI=1S/C19H31NO2S/c1-3-17(14-15-18-10-6-4-7-11-18)16-20(23(2,21)22)19-12-8-5-9-13-19/h5,8-9,12-13,17-18H,3-4,6-7,10-11,14-16H2,1-2H3/t17-/m1/s1. The number of nitrogens with zero attached hydrogens (tertiary/aromatic N) is 1. The summed E-state index contributed by atoms with van der Waals surface area (Å²) in [5.74, 6) is 1.30. The molecule has 2 rings (SSSR count). The number of hydrogen-bond acceptors (Lipinski definition) is 2. The van der Waals surface area contributed by atoms with Crippen LogP contribution in [0.4, 0.5) is 5.69 Å². The predicted octanol–water partition coefficient (Wildman–Crippen LogP) is 4.84. The van der Waals surface area contributed by atoms with Gasteiger partial charge < -0.3 is 0 Å². The molecular formula is C19H31NO2S. The number of para-hydroxylation sites is 1. The quantitative estimate of drug-likeness (QED) is 0.680. The van der Waals surface area contributed by atoms with Crippen molar-refractivity contribution < 1.29 is 8.42 Å². The van der Waals surface area contributed by atoms with Gasteiger partial charge in [0.15, 0.2) is 0 Å². The van der Waals surface area contributed by atoms with Gasteiger partial charge in [-0.15, -0.1) is 0 Å². The highest BCUT2D eigenvalue weighted by atomic mass is 32.2. The van der Waals surface area contributed by atoms with Gasteiger partial charge >= 0.3 is 0 Å². The fourth-order valence-electron chi connectivity index (χ4n) is 3.63. The van der Waals surface area contributed by atoms with Crippen molar-refractivity contribution in [1.29, 1.82) is 0 Å². The second-order valence-corrected chi connectivity index (χ2v) is 8.89. The monoisotopic (exact) mass is 337 g/mol. The molecule has 1 aromatic carbocycles. The van der Waals surface area contributed by atoms with Crippen LogP contribution in [0.2, 0.25) is 0 Å². The van der Waals surface area contributed by atoms with Gasteiger partial charge in [-0.05, 0) is 30.4 Å². The SMILES string of the molecule is CC[C@H](CCC1CCCCC1)CN(c1ccccc1)S(C)(=O)=O. The average Bonchev–Trinajstić information content (AvgIpc) is 2.55. The van der Waals surface area contributed by atoms with E-state index in [9.17, 15) is 8.42 Å². The molecule has 0 heterocycles. The molecule has 0 spiro atoms. The normalized spacial score (nSPS) is 17.8. The van der Waals surface area contributed by atoms with Crippen molar-refractivity contribution in [2.45, 2.75) is 58.3 Å². The van der Waals surface area contributed by atoms with E-state index in [1.165, 1.54) is 44.8 Å². The zero-order valence-electron chi connectivity index (χ0n) is 14.6.